The van der Waals surface area contributed by atoms with Gasteiger partial charge in [-0.05, 0) is 19.3 Å². The van der Waals surface area contributed by atoms with Crippen molar-refractivity contribution in [2.24, 2.45) is 11.8 Å². The molecule has 1 aromatic rings. The smallest absolute Gasteiger partial charge is 0.451 e. The van der Waals surface area contributed by atoms with Gasteiger partial charge >= 0.3 is 6.18 Å². The van der Waals surface area contributed by atoms with E-state index in [9.17, 15) is 13.2 Å². The fraction of sp³-hybridized carbons (Fsp3) is 0.636. The van der Waals surface area contributed by atoms with Crippen LogP contribution in [0.25, 0.3) is 0 Å². The second-order valence-corrected chi connectivity index (χ2v) is 4.62. The summed E-state index contributed by atoms with van der Waals surface area (Å²) in [5.74, 6) is 3.87. The summed E-state index contributed by atoms with van der Waals surface area (Å²) in [6.07, 6.45) is -4.19. The summed E-state index contributed by atoms with van der Waals surface area (Å²) in [5.41, 5.74) is 2.06. The largest absolute Gasteiger partial charge is 0.474 e. The van der Waals surface area contributed by atoms with E-state index < -0.39 is 12.0 Å². The fourth-order valence-corrected chi connectivity index (χ4v) is 1.60. The molecule has 0 radical (unpaired) electrons. The number of aromatic nitrogens is 2. The lowest BCUT2D eigenvalue weighted by Crippen LogP contribution is -2.19. The molecule has 1 unspecified atom stereocenters. The van der Waals surface area contributed by atoms with Gasteiger partial charge in [-0.2, -0.15) is 18.2 Å². The third-order valence-electron chi connectivity index (χ3n) is 2.23. The molecule has 19 heavy (non-hydrogen) atoms. The highest BCUT2D eigenvalue weighted by molar-refractivity contribution is 5.37. The molecule has 1 heterocycles. The number of anilines is 1. The van der Waals surface area contributed by atoms with Crippen molar-refractivity contribution in [3.8, 4) is 5.88 Å². The van der Waals surface area contributed by atoms with Gasteiger partial charge in [0.2, 0.25) is 11.7 Å². The number of nitrogens with two attached hydrogens (primary N) is 1. The van der Waals surface area contributed by atoms with Crippen LogP contribution in [0.4, 0.5) is 19.0 Å². The summed E-state index contributed by atoms with van der Waals surface area (Å²) in [4.78, 5) is 6.59. The van der Waals surface area contributed by atoms with Gasteiger partial charge in [0.15, 0.2) is 0 Å². The number of halogens is 3. The van der Waals surface area contributed by atoms with Crippen molar-refractivity contribution in [2.45, 2.75) is 39.5 Å². The molecule has 1 atom stereocenters. The van der Waals surface area contributed by atoms with Crippen LogP contribution in [0, 0.1) is 5.92 Å². The quantitative estimate of drug-likeness (QED) is 0.639. The lowest BCUT2D eigenvalue weighted by molar-refractivity contribution is -0.145. The molecule has 0 aliphatic rings. The van der Waals surface area contributed by atoms with Crippen molar-refractivity contribution >= 4 is 5.82 Å². The maximum atomic E-state index is 12.6. The van der Waals surface area contributed by atoms with Gasteiger partial charge in [0, 0.05) is 6.07 Å². The van der Waals surface area contributed by atoms with Crippen LogP contribution >= 0.6 is 0 Å². The van der Waals surface area contributed by atoms with Crippen LogP contribution in [-0.4, -0.2) is 16.1 Å². The average Bonchev–Trinajstić information content (AvgIpc) is 2.25. The Bertz CT molecular complexity index is 423. The van der Waals surface area contributed by atoms with E-state index in [0.717, 1.165) is 0 Å². The summed E-state index contributed by atoms with van der Waals surface area (Å²) >= 11 is 0. The standard InChI is InChI=1S/C11H17F3N4O/c1-6(2)4-7(3)19-9-5-8(18-15)16-10(17-9)11(12,13)14/h5-7H,4,15H2,1-3H3,(H,16,17,18). The van der Waals surface area contributed by atoms with E-state index in [2.05, 4.69) is 15.4 Å². The fourth-order valence-electron chi connectivity index (χ4n) is 1.60. The molecule has 0 amide bonds. The molecule has 0 spiro atoms. The third kappa shape index (κ3) is 4.90. The molecule has 0 aliphatic heterocycles. The average molecular weight is 278 g/mol. The van der Waals surface area contributed by atoms with E-state index in [1.54, 1.807) is 6.92 Å². The Morgan fingerprint density at radius 1 is 1.32 bits per heavy atom. The van der Waals surface area contributed by atoms with Crippen molar-refractivity contribution < 1.29 is 17.9 Å². The monoisotopic (exact) mass is 278 g/mol. The predicted octanol–water partition coefficient (Wildman–Crippen LogP) is 2.59. The molecule has 0 fully saturated rings. The first-order valence-electron chi connectivity index (χ1n) is 5.82. The number of hydrogen-bond acceptors (Lipinski definition) is 5. The van der Waals surface area contributed by atoms with Gasteiger partial charge in [0.1, 0.15) is 5.82 Å². The van der Waals surface area contributed by atoms with Crippen molar-refractivity contribution in [3.05, 3.63) is 11.9 Å². The first kappa shape index (κ1) is 15.5. The van der Waals surface area contributed by atoms with Crippen LogP contribution in [0.15, 0.2) is 6.07 Å². The van der Waals surface area contributed by atoms with Crippen molar-refractivity contribution in [1.29, 1.82) is 0 Å². The van der Waals surface area contributed by atoms with Gasteiger partial charge in [-0.25, -0.2) is 10.8 Å². The van der Waals surface area contributed by atoms with Crippen LogP contribution in [0.3, 0.4) is 0 Å². The van der Waals surface area contributed by atoms with Crippen LogP contribution in [-0.2, 0) is 6.18 Å². The second kappa shape index (κ2) is 6.05. The minimum Gasteiger partial charge on any atom is -0.474 e. The maximum Gasteiger partial charge on any atom is 0.451 e. The van der Waals surface area contributed by atoms with Gasteiger partial charge in [0.25, 0.3) is 0 Å². The summed E-state index contributed by atoms with van der Waals surface area (Å²) in [7, 11) is 0. The zero-order chi connectivity index (χ0) is 14.6. The van der Waals surface area contributed by atoms with Gasteiger partial charge in [-0.1, -0.05) is 13.8 Å². The molecule has 8 heteroatoms. The zero-order valence-electron chi connectivity index (χ0n) is 11.0. The van der Waals surface area contributed by atoms with Crippen LogP contribution in [0.5, 0.6) is 5.88 Å². The SMILES string of the molecule is CC(C)CC(C)Oc1cc(NN)nc(C(F)(F)F)n1. The van der Waals surface area contributed by atoms with Crippen LogP contribution < -0.4 is 16.0 Å². The van der Waals surface area contributed by atoms with Crippen molar-refractivity contribution in [3.63, 3.8) is 0 Å². The number of nitrogens with zero attached hydrogens (tertiary/aromatic N) is 2. The van der Waals surface area contributed by atoms with Crippen molar-refractivity contribution in [2.75, 3.05) is 5.43 Å². The van der Waals surface area contributed by atoms with E-state index in [0.29, 0.717) is 12.3 Å². The summed E-state index contributed by atoms with van der Waals surface area (Å²) < 4.78 is 43.1. The number of ether oxygens (including phenoxy) is 1. The number of alkyl halides is 3. The first-order chi connectivity index (χ1) is 8.72. The van der Waals surface area contributed by atoms with E-state index in [-0.39, 0.29) is 17.8 Å². The Balaban J connectivity index is 2.94. The Kier molecular flexibility index (Phi) is 4.93. The van der Waals surface area contributed by atoms with E-state index in [1.165, 1.54) is 6.07 Å². The molecule has 1 aromatic heterocycles. The number of nitrogens with one attached hydrogen (secondary N) is 1. The minimum absolute atomic E-state index is 0.144. The zero-order valence-corrected chi connectivity index (χ0v) is 11.0. The highest BCUT2D eigenvalue weighted by atomic mass is 19.4. The van der Waals surface area contributed by atoms with Gasteiger partial charge in [0.05, 0.1) is 6.10 Å². The first-order valence-corrected chi connectivity index (χ1v) is 5.82. The van der Waals surface area contributed by atoms with E-state index in [4.69, 9.17) is 10.6 Å². The highest BCUT2D eigenvalue weighted by Gasteiger charge is 2.35. The number of nitrogen functional groups attached to an aromatic ring is 1. The maximum absolute atomic E-state index is 12.6. The molecule has 0 saturated carbocycles. The van der Waals surface area contributed by atoms with E-state index >= 15 is 0 Å². The Morgan fingerprint density at radius 2 is 1.95 bits per heavy atom. The molecular weight excluding hydrogens is 261 g/mol. The van der Waals surface area contributed by atoms with Crippen LogP contribution in [0.2, 0.25) is 0 Å². The number of hydrazine groups is 1. The van der Waals surface area contributed by atoms with Crippen molar-refractivity contribution in [1.82, 2.24) is 9.97 Å². The topological polar surface area (TPSA) is 73.1 Å². The Morgan fingerprint density at radius 3 is 2.42 bits per heavy atom. The predicted molar refractivity (Wildman–Crippen MR) is 64.4 cm³/mol. The van der Waals surface area contributed by atoms with Gasteiger partial charge < -0.3 is 10.2 Å². The lowest BCUT2D eigenvalue weighted by atomic mass is 10.1. The molecule has 1 rings (SSSR count). The summed E-state index contributed by atoms with van der Waals surface area (Å²) in [5, 5.41) is 0. The minimum atomic E-state index is -4.65. The molecule has 0 bridgehead atoms. The number of hydrogen-bond donors (Lipinski definition) is 2. The van der Waals surface area contributed by atoms with Gasteiger partial charge in [-0.3, -0.25) is 0 Å². The van der Waals surface area contributed by atoms with Crippen LogP contribution in [0.1, 0.15) is 33.0 Å². The molecule has 3 N–H and O–H groups in total. The molecule has 0 saturated heterocycles. The second-order valence-electron chi connectivity index (χ2n) is 4.62. The molecule has 0 aromatic carbocycles. The normalized spacial score (nSPS) is 13.5. The summed E-state index contributed by atoms with van der Waals surface area (Å²) in [6, 6.07) is 1.23. The lowest BCUT2D eigenvalue weighted by Gasteiger charge is -2.17. The van der Waals surface area contributed by atoms with E-state index in [1.807, 2.05) is 13.8 Å². The van der Waals surface area contributed by atoms with Gasteiger partial charge in [-0.15, -0.1) is 0 Å². The summed E-state index contributed by atoms with van der Waals surface area (Å²) in [6.45, 7) is 5.76. The molecule has 108 valence electrons. The highest BCUT2D eigenvalue weighted by Crippen LogP contribution is 2.29. The molecule has 0 aliphatic carbocycles. The third-order valence-corrected chi connectivity index (χ3v) is 2.23. The molecule has 5 nitrogen and oxygen atoms in total. The number of rotatable bonds is 5. The Labute approximate surface area is 109 Å². The molecular formula is C11H17F3N4O. The Hall–Kier alpha value is -1.57.